The Balaban J connectivity index is 1.69. The zero-order valence-corrected chi connectivity index (χ0v) is 13.9. The lowest BCUT2D eigenvalue weighted by Crippen LogP contribution is -2.31. The van der Waals surface area contributed by atoms with Crippen molar-refractivity contribution in [1.82, 2.24) is 24.5 Å². The van der Waals surface area contributed by atoms with Crippen LogP contribution in [0.5, 0.6) is 0 Å². The minimum absolute atomic E-state index is 0.00305. The Morgan fingerprint density at radius 2 is 2.26 bits per heavy atom. The number of aromatic nitrogens is 4. The summed E-state index contributed by atoms with van der Waals surface area (Å²) in [5, 5.41) is 3.95. The Morgan fingerprint density at radius 3 is 3.04 bits per heavy atom. The third kappa shape index (κ3) is 2.41. The van der Waals surface area contributed by atoms with E-state index in [1.54, 1.807) is 0 Å². The van der Waals surface area contributed by atoms with Gasteiger partial charge >= 0.3 is 0 Å². The second-order valence-corrected chi connectivity index (χ2v) is 6.74. The van der Waals surface area contributed by atoms with Crippen molar-refractivity contribution in [2.45, 2.75) is 32.7 Å². The van der Waals surface area contributed by atoms with Gasteiger partial charge < -0.3 is 9.88 Å². The average molecular weight is 327 g/mol. The van der Waals surface area contributed by atoms with E-state index in [1.165, 1.54) is 17.1 Å². The van der Waals surface area contributed by atoms with Crippen LogP contribution in [0.4, 0.5) is 0 Å². The summed E-state index contributed by atoms with van der Waals surface area (Å²) < 4.78 is 3.88. The van der Waals surface area contributed by atoms with E-state index in [1.807, 2.05) is 17.9 Å². The molecule has 1 amide bonds. The number of amides is 1. The predicted octanol–water partition coefficient (Wildman–Crippen LogP) is 3.01. The number of fused-ring (bicyclic) bond motifs is 1. The van der Waals surface area contributed by atoms with Gasteiger partial charge in [0.2, 0.25) is 0 Å². The molecule has 7 heteroatoms. The fraction of sp³-hybridized carbons (Fsp3) is 0.375. The number of likely N-dealkylation sites (tertiary alicyclic amines) is 1. The van der Waals surface area contributed by atoms with Crippen molar-refractivity contribution in [3.8, 4) is 0 Å². The van der Waals surface area contributed by atoms with E-state index in [4.69, 9.17) is 4.98 Å². The quantitative estimate of drug-likeness (QED) is 0.785. The molecule has 3 aromatic rings. The number of carbonyl (C=O) groups excluding carboxylic acids is 1. The Morgan fingerprint density at radius 1 is 1.39 bits per heavy atom. The van der Waals surface area contributed by atoms with E-state index < -0.39 is 0 Å². The number of imidazole rings is 1. The Hall–Kier alpha value is -2.28. The van der Waals surface area contributed by atoms with Crippen LogP contribution in [0.15, 0.2) is 18.2 Å². The number of nitrogens with one attached hydrogen (secondary N) is 1. The van der Waals surface area contributed by atoms with Crippen LogP contribution in [-0.2, 0) is 0 Å². The lowest BCUT2D eigenvalue weighted by molar-refractivity contribution is 0.0734. The second-order valence-electron chi connectivity index (χ2n) is 5.99. The molecule has 1 fully saturated rings. The maximum Gasteiger partial charge on any atom is 0.268 e. The highest BCUT2D eigenvalue weighted by Gasteiger charge is 2.34. The van der Waals surface area contributed by atoms with Crippen LogP contribution in [0.2, 0.25) is 0 Å². The number of carbonyl (C=O) groups is 1. The Bertz CT molecular complexity index is 884. The first-order valence-electron chi connectivity index (χ1n) is 7.69. The molecule has 6 nitrogen and oxygen atoms in total. The molecule has 1 atom stereocenters. The number of aryl methyl sites for hydroxylation is 2. The molecule has 0 aliphatic carbocycles. The van der Waals surface area contributed by atoms with Crippen molar-refractivity contribution >= 4 is 28.5 Å². The third-order valence-corrected chi connectivity index (χ3v) is 5.15. The smallest absolute Gasteiger partial charge is 0.268 e. The summed E-state index contributed by atoms with van der Waals surface area (Å²) in [4.78, 5) is 23.4. The fourth-order valence-electron chi connectivity index (χ4n) is 3.15. The van der Waals surface area contributed by atoms with Crippen LogP contribution < -0.4 is 0 Å². The maximum atomic E-state index is 12.8. The van der Waals surface area contributed by atoms with E-state index in [9.17, 15) is 4.79 Å². The van der Waals surface area contributed by atoms with E-state index >= 15 is 0 Å². The number of hydrogen-bond acceptors (Lipinski definition) is 5. The minimum Gasteiger partial charge on any atom is -0.340 e. The summed E-state index contributed by atoms with van der Waals surface area (Å²) in [6.07, 6.45) is 1.91. The largest absolute Gasteiger partial charge is 0.340 e. The van der Waals surface area contributed by atoms with E-state index in [-0.39, 0.29) is 11.9 Å². The molecular formula is C16H17N5OS. The number of aromatic amines is 1. The summed E-state index contributed by atoms with van der Waals surface area (Å²) in [5.74, 6) is 0.878. The van der Waals surface area contributed by atoms with E-state index in [2.05, 4.69) is 33.6 Å². The van der Waals surface area contributed by atoms with Crippen LogP contribution in [0.1, 0.15) is 45.6 Å². The molecule has 23 heavy (non-hydrogen) atoms. The van der Waals surface area contributed by atoms with Crippen molar-refractivity contribution in [3.63, 3.8) is 0 Å². The van der Waals surface area contributed by atoms with Crippen molar-refractivity contribution in [2.75, 3.05) is 6.54 Å². The number of rotatable bonds is 2. The fourth-order valence-corrected chi connectivity index (χ4v) is 3.77. The zero-order chi connectivity index (χ0) is 16.0. The van der Waals surface area contributed by atoms with Gasteiger partial charge in [-0.05, 0) is 55.9 Å². The van der Waals surface area contributed by atoms with Crippen LogP contribution in [0, 0.1) is 13.8 Å². The van der Waals surface area contributed by atoms with Crippen LogP contribution >= 0.6 is 11.5 Å². The molecule has 0 spiro atoms. The average Bonchev–Trinajstić information content (AvgIpc) is 3.23. The van der Waals surface area contributed by atoms with E-state index in [0.29, 0.717) is 10.6 Å². The van der Waals surface area contributed by atoms with Gasteiger partial charge in [-0.2, -0.15) is 0 Å². The Kier molecular flexibility index (Phi) is 3.37. The minimum atomic E-state index is -0.00305. The third-order valence-electron chi connectivity index (χ3n) is 4.33. The second kappa shape index (κ2) is 5.42. The molecule has 4 rings (SSSR count). The highest BCUT2D eigenvalue weighted by Crippen LogP contribution is 2.33. The summed E-state index contributed by atoms with van der Waals surface area (Å²) in [6.45, 7) is 4.63. The number of nitrogens with zero attached hydrogens (tertiary/aromatic N) is 4. The van der Waals surface area contributed by atoms with Crippen molar-refractivity contribution in [1.29, 1.82) is 0 Å². The van der Waals surface area contributed by atoms with Gasteiger partial charge in [-0.25, -0.2) is 4.98 Å². The molecule has 1 N–H and O–H groups in total. The molecule has 118 valence electrons. The highest BCUT2D eigenvalue weighted by molar-refractivity contribution is 7.07. The van der Waals surface area contributed by atoms with Crippen molar-refractivity contribution < 1.29 is 4.79 Å². The molecule has 0 saturated carbocycles. The predicted molar refractivity (Wildman–Crippen MR) is 88.5 cm³/mol. The van der Waals surface area contributed by atoms with Crippen LogP contribution in [0.3, 0.4) is 0 Å². The van der Waals surface area contributed by atoms with Gasteiger partial charge in [-0.3, -0.25) is 4.79 Å². The highest BCUT2D eigenvalue weighted by atomic mass is 32.1. The van der Waals surface area contributed by atoms with Gasteiger partial charge in [-0.15, -0.1) is 5.10 Å². The molecule has 0 radical (unpaired) electrons. The normalized spacial score (nSPS) is 18.0. The van der Waals surface area contributed by atoms with E-state index in [0.717, 1.165) is 36.2 Å². The number of hydrogen-bond donors (Lipinski definition) is 1. The molecule has 1 aliphatic heterocycles. The zero-order valence-electron chi connectivity index (χ0n) is 13.0. The maximum absolute atomic E-state index is 12.8. The summed E-state index contributed by atoms with van der Waals surface area (Å²) in [6, 6.07) is 6.15. The summed E-state index contributed by atoms with van der Waals surface area (Å²) in [5.41, 5.74) is 3.86. The lowest BCUT2D eigenvalue weighted by atomic mass is 10.2. The van der Waals surface area contributed by atoms with Crippen LogP contribution in [-0.4, -0.2) is 36.9 Å². The molecule has 2 aromatic heterocycles. The van der Waals surface area contributed by atoms with Crippen LogP contribution in [0.25, 0.3) is 11.0 Å². The number of H-pyrrole nitrogens is 1. The first-order chi connectivity index (χ1) is 11.1. The first kappa shape index (κ1) is 14.3. The van der Waals surface area contributed by atoms with Gasteiger partial charge in [-0.1, -0.05) is 10.6 Å². The Labute approximate surface area is 137 Å². The van der Waals surface area contributed by atoms with Crippen molar-refractivity contribution in [2.24, 2.45) is 0 Å². The molecule has 1 aromatic carbocycles. The van der Waals surface area contributed by atoms with Gasteiger partial charge in [0.1, 0.15) is 10.7 Å². The van der Waals surface area contributed by atoms with Gasteiger partial charge in [0.25, 0.3) is 5.91 Å². The standard InChI is InChI=1S/C16H17N5OS/c1-9-5-6-11-12(8-9)18-15(17-11)13-4-3-7-21(13)16(22)14-10(2)19-20-23-14/h5-6,8,13H,3-4,7H2,1-2H3,(H,17,18)/t13-/m1/s1. The monoisotopic (exact) mass is 327 g/mol. The molecular weight excluding hydrogens is 310 g/mol. The molecule has 0 bridgehead atoms. The van der Waals surface area contributed by atoms with Gasteiger partial charge in [0, 0.05) is 6.54 Å². The molecule has 1 aliphatic rings. The summed E-state index contributed by atoms with van der Waals surface area (Å²) in [7, 11) is 0. The first-order valence-corrected chi connectivity index (χ1v) is 8.47. The van der Waals surface area contributed by atoms with Crippen molar-refractivity contribution in [3.05, 3.63) is 40.2 Å². The molecule has 0 unspecified atom stereocenters. The number of benzene rings is 1. The molecule has 3 heterocycles. The molecule has 1 saturated heterocycles. The van der Waals surface area contributed by atoms with Gasteiger partial charge in [0.05, 0.1) is 22.8 Å². The lowest BCUT2D eigenvalue weighted by Gasteiger charge is -2.22. The topological polar surface area (TPSA) is 74.8 Å². The SMILES string of the molecule is Cc1ccc2nc([C@H]3CCCN3C(=O)c3snnc3C)[nH]c2c1. The summed E-state index contributed by atoms with van der Waals surface area (Å²) >= 11 is 1.17. The van der Waals surface area contributed by atoms with Gasteiger partial charge in [0.15, 0.2) is 0 Å².